The molecule has 0 saturated carbocycles. The van der Waals surface area contributed by atoms with Crippen LogP contribution >= 0.6 is 0 Å². The predicted octanol–water partition coefficient (Wildman–Crippen LogP) is 3.22. The van der Waals surface area contributed by atoms with E-state index in [-0.39, 0.29) is 12.2 Å². The Balaban J connectivity index is 2.08. The van der Waals surface area contributed by atoms with Crippen LogP contribution in [0.15, 0.2) is 42.5 Å². The van der Waals surface area contributed by atoms with Crippen molar-refractivity contribution >= 4 is 0 Å². The molecule has 0 bridgehead atoms. The van der Waals surface area contributed by atoms with Crippen molar-refractivity contribution in [3.05, 3.63) is 65.5 Å². The molecule has 0 aromatic heterocycles. The Bertz CT molecular complexity index is 558. The van der Waals surface area contributed by atoms with Crippen molar-refractivity contribution in [2.75, 3.05) is 6.61 Å². The lowest BCUT2D eigenvalue weighted by atomic mass is 10.1. The molecule has 0 radical (unpaired) electrons. The summed E-state index contributed by atoms with van der Waals surface area (Å²) in [5.74, 6) is -3.80. The molecule has 0 heterocycles. The number of halogens is 3. The first-order valence-corrected chi connectivity index (χ1v) is 5.59. The van der Waals surface area contributed by atoms with Crippen molar-refractivity contribution < 1.29 is 23.0 Å². The van der Waals surface area contributed by atoms with Gasteiger partial charge in [-0.2, -0.15) is 0 Å². The van der Waals surface area contributed by atoms with E-state index >= 15 is 0 Å². The van der Waals surface area contributed by atoms with Crippen molar-refractivity contribution in [1.82, 2.24) is 0 Å². The number of aliphatic hydroxyl groups is 1. The van der Waals surface area contributed by atoms with E-state index in [1.165, 1.54) is 0 Å². The number of rotatable bonds is 4. The van der Waals surface area contributed by atoms with Gasteiger partial charge in [-0.25, -0.2) is 13.2 Å². The summed E-state index contributed by atoms with van der Waals surface area (Å²) < 4.78 is 44.4. The second-order valence-electron chi connectivity index (χ2n) is 3.90. The van der Waals surface area contributed by atoms with E-state index < -0.39 is 23.6 Å². The molecule has 0 aliphatic carbocycles. The summed E-state index contributed by atoms with van der Waals surface area (Å²) in [6.07, 6.45) is -1.38. The molecule has 0 spiro atoms. The second kappa shape index (κ2) is 5.75. The molecule has 1 atom stereocenters. The maximum Gasteiger partial charge on any atom is 0.194 e. The van der Waals surface area contributed by atoms with Crippen LogP contribution in [-0.2, 0) is 0 Å². The molecule has 0 aliphatic heterocycles. The maximum atomic E-state index is 13.4. The van der Waals surface area contributed by atoms with Gasteiger partial charge in [0.2, 0.25) is 0 Å². The van der Waals surface area contributed by atoms with Gasteiger partial charge in [0, 0.05) is 5.56 Å². The van der Waals surface area contributed by atoms with Crippen molar-refractivity contribution in [2.24, 2.45) is 0 Å². The maximum absolute atomic E-state index is 13.4. The molecule has 2 aromatic carbocycles. The molecule has 100 valence electrons. The SMILES string of the molecule is OC(COc1ccccc1)c1ccc(F)c(F)c1F. The lowest BCUT2D eigenvalue weighted by molar-refractivity contribution is 0.104. The van der Waals surface area contributed by atoms with Crippen LogP contribution in [0, 0.1) is 17.5 Å². The van der Waals surface area contributed by atoms with Gasteiger partial charge in [0.25, 0.3) is 0 Å². The molecule has 1 N–H and O–H groups in total. The van der Waals surface area contributed by atoms with Gasteiger partial charge in [-0.3, -0.25) is 0 Å². The van der Waals surface area contributed by atoms with Gasteiger partial charge in [0.05, 0.1) is 0 Å². The molecule has 2 nitrogen and oxygen atoms in total. The Morgan fingerprint density at radius 3 is 2.32 bits per heavy atom. The average Bonchev–Trinajstić information content (AvgIpc) is 2.43. The third kappa shape index (κ3) is 3.06. The van der Waals surface area contributed by atoms with Crippen molar-refractivity contribution in [1.29, 1.82) is 0 Å². The van der Waals surface area contributed by atoms with Gasteiger partial charge in [0.15, 0.2) is 17.5 Å². The van der Waals surface area contributed by atoms with E-state index in [2.05, 4.69) is 0 Å². The zero-order valence-electron chi connectivity index (χ0n) is 9.82. The van der Waals surface area contributed by atoms with Crippen LogP contribution in [0.4, 0.5) is 13.2 Å². The molecular weight excluding hydrogens is 257 g/mol. The quantitative estimate of drug-likeness (QED) is 0.863. The van der Waals surface area contributed by atoms with Crippen molar-refractivity contribution in [2.45, 2.75) is 6.10 Å². The van der Waals surface area contributed by atoms with E-state index in [1.54, 1.807) is 30.3 Å². The van der Waals surface area contributed by atoms with Crippen LogP contribution < -0.4 is 4.74 Å². The topological polar surface area (TPSA) is 29.5 Å². The largest absolute Gasteiger partial charge is 0.491 e. The lowest BCUT2D eigenvalue weighted by Gasteiger charge is -2.13. The summed E-state index contributed by atoms with van der Waals surface area (Å²) in [6.45, 7) is -0.258. The van der Waals surface area contributed by atoms with Crippen LogP contribution in [-0.4, -0.2) is 11.7 Å². The first-order valence-electron chi connectivity index (χ1n) is 5.59. The highest BCUT2D eigenvalue weighted by Crippen LogP contribution is 2.22. The van der Waals surface area contributed by atoms with Crippen LogP contribution in [0.3, 0.4) is 0 Å². The zero-order chi connectivity index (χ0) is 13.8. The van der Waals surface area contributed by atoms with E-state index in [0.717, 1.165) is 12.1 Å². The third-order valence-electron chi connectivity index (χ3n) is 2.58. The molecule has 1 unspecified atom stereocenters. The molecule has 2 aromatic rings. The highest BCUT2D eigenvalue weighted by atomic mass is 19.2. The normalized spacial score (nSPS) is 12.2. The zero-order valence-corrected chi connectivity index (χ0v) is 9.82. The Labute approximate surface area is 108 Å². The Morgan fingerprint density at radius 1 is 0.947 bits per heavy atom. The number of aliphatic hydroxyl groups excluding tert-OH is 1. The minimum atomic E-state index is -1.60. The Hall–Kier alpha value is -2.01. The van der Waals surface area contributed by atoms with Gasteiger partial charge >= 0.3 is 0 Å². The fraction of sp³-hybridized carbons (Fsp3) is 0.143. The standard InChI is InChI=1S/C14H11F3O2/c15-11-7-6-10(13(16)14(11)17)12(18)8-19-9-4-2-1-3-5-9/h1-7,12,18H,8H2. The monoisotopic (exact) mass is 268 g/mol. The minimum absolute atomic E-state index is 0.258. The van der Waals surface area contributed by atoms with Gasteiger partial charge < -0.3 is 9.84 Å². The minimum Gasteiger partial charge on any atom is -0.491 e. The number of benzene rings is 2. The summed E-state index contributed by atoms with van der Waals surface area (Å²) in [5.41, 5.74) is -0.338. The average molecular weight is 268 g/mol. The molecule has 0 amide bonds. The molecule has 5 heteroatoms. The summed E-state index contributed by atoms with van der Waals surface area (Å²) in [4.78, 5) is 0. The van der Waals surface area contributed by atoms with E-state index in [0.29, 0.717) is 5.75 Å². The molecule has 0 saturated heterocycles. The molecule has 0 aliphatic rings. The summed E-state index contributed by atoms with van der Waals surface area (Å²) in [5, 5.41) is 9.72. The molecule has 2 rings (SSSR count). The first-order chi connectivity index (χ1) is 9.09. The lowest BCUT2D eigenvalue weighted by Crippen LogP contribution is -2.12. The van der Waals surface area contributed by atoms with Crippen LogP contribution in [0.5, 0.6) is 5.75 Å². The van der Waals surface area contributed by atoms with E-state index in [4.69, 9.17) is 4.74 Å². The van der Waals surface area contributed by atoms with E-state index in [9.17, 15) is 18.3 Å². The number of para-hydroxylation sites is 1. The van der Waals surface area contributed by atoms with Crippen LogP contribution in [0.25, 0.3) is 0 Å². The van der Waals surface area contributed by atoms with Crippen molar-refractivity contribution in [3.8, 4) is 5.75 Å². The number of hydrogen-bond acceptors (Lipinski definition) is 2. The Morgan fingerprint density at radius 2 is 1.63 bits per heavy atom. The van der Waals surface area contributed by atoms with Gasteiger partial charge in [-0.1, -0.05) is 24.3 Å². The van der Waals surface area contributed by atoms with Crippen LogP contribution in [0.1, 0.15) is 11.7 Å². The fourth-order valence-electron chi connectivity index (χ4n) is 1.58. The second-order valence-corrected chi connectivity index (χ2v) is 3.90. The summed E-state index contributed by atoms with van der Waals surface area (Å²) >= 11 is 0. The molecule has 19 heavy (non-hydrogen) atoms. The predicted molar refractivity (Wildman–Crippen MR) is 63.2 cm³/mol. The highest BCUT2D eigenvalue weighted by Gasteiger charge is 2.19. The fourth-order valence-corrected chi connectivity index (χ4v) is 1.58. The molecular formula is C14H11F3O2. The summed E-state index contributed by atoms with van der Waals surface area (Å²) in [6, 6.07) is 10.3. The van der Waals surface area contributed by atoms with Gasteiger partial charge in [-0.05, 0) is 18.2 Å². The number of ether oxygens (including phenoxy) is 1. The van der Waals surface area contributed by atoms with Gasteiger partial charge in [0.1, 0.15) is 18.5 Å². The Kier molecular flexibility index (Phi) is 4.06. The van der Waals surface area contributed by atoms with Crippen LogP contribution in [0.2, 0.25) is 0 Å². The smallest absolute Gasteiger partial charge is 0.194 e. The molecule has 0 fully saturated rings. The highest BCUT2D eigenvalue weighted by molar-refractivity contribution is 5.24. The third-order valence-corrected chi connectivity index (χ3v) is 2.58. The summed E-state index contributed by atoms with van der Waals surface area (Å²) in [7, 11) is 0. The van der Waals surface area contributed by atoms with Crippen molar-refractivity contribution in [3.63, 3.8) is 0 Å². The van der Waals surface area contributed by atoms with E-state index in [1.807, 2.05) is 0 Å². The number of hydrogen-bond donors (Lipinski definition) is 1. The van der Waals surface area contributed by atoms with Gasteiger partial charge in [-0.15, -0.1) is 0 Å². The first kappa shape index (κ1) is 13.4.